The molecule has 1 aromatic rings. The maximum Gasteiger partial charge on any atom is 0.226 e. The Bertz CT molecular complexity index is 597. The molecule has 0 saturated heterocycles. The lowest BCUT2D eigenvalue weighted by Crippen LogP contribution is -2.38. The van der Waals surface area contributed by atoms with Gasteiger partial charge in [-0.1, -0.05) is 6.42 Å². The van der Waals surface area contributed by atoms with Gasteiger partial charge in [0.2, 0.25) is 11.8 Å². The lowest BCUT2D eigenvalue weighted by Gasteiger charge is -2.30. The van der Waals surface area contributed by atoms with Crippen molar-refractivity contribution in [2.75, 3.05) is 18.6 Å². The van der Waals surface area contributed by atoms with E-state index < -0.39 is 0 Å². The van der Waals surface area contributed by atoms with Crippen LogP contribution in [0.25, 0.3) is 0 Å². The average Bonchev–Trinajstić information content (AvgIpc) is 2.79. The van der Waals surface area contributed by atoms with Crippen molar-refractivity contribution < 1.29 is 9.59 Å². The van der Waals surface area contributed by atoms with Gasteiger partial charge in [-0.15, -0.1) is 0 Å². The van der Waals surface area contributed by atoms with E-state index in [1.54, 1.807) is 11.8 Å². The molecule has 2 amide bonds. The third kappa shape index (κ3) is 4.12. The van der Waals surface area contributed by atoms with Crippen molar-refractivity contribution in [3.05, 3.63) is 17.5 Å². The fraction of sp³-hybridized carbons (Fsp3) is 0.706. The fourth-order valence-electron chi connectivity index (χ4n) is 3.18. The SMILES string of the molecule is CSCCC(=O)NCc1cc2n(n1)CCCN(C(=O)C1CCC1)C2. The zero-order chi connectivity index (χ0) is 16.9. The number of rotatable bonds is 6. The summed E-state index contributed by atoms with van der Waals surface area (Å²) in [7, 11) is 0. The van der Waals surface area contributed by atoms with Crippen LogP contribution < -0.4 is 5.32 Å². The third-order valence-electron chi connectivity index (χ3n) is 4.83. The molecule has 0 unspecified atom stereocenters. The number of aromatic nitrogens is 2. The van der Waals surface area contributed by atoms with Gasteiger partial charge in [-0.2, -0.15) is 16.9 Å². The van der Waals surface area contributed by atoms with E-state index in [-0.39, 0.29) is 11.8 Å². The minimum absolute atomic E-state index is 0.0642. The minimum atomic E-state index is 0.0642. The summed E-state index contributed by atoms with van der Waals surface area (Å²) in [4.78, 5) is 26.2. The van der Waals surface area contributed by atoms with Crippen LogP contribution in [0.1, 0.15) is 43.5 Å². The number of hydrogen-bond acceptors (Lipinski definition) is 4. The van der Waals surface area contributed by atoms with E-state index in [4.69, 9.17) is 0 Å². The number of carbonyl (C=O) groups excluding carboxylic acids is 2. The zero-order valence-corrected chi connectivity index (χ0v) is 15.1. The standard InChI is InChI=1S/C17H26N4O2S/c1-24-9-6-16(22)18-11-14-10-15-12-20(7-3-8-21(15)19-14)17(23)13-4-2-5-13/h10,13H,2-9,11-12H2,1H3,(H,18,22). The normalized spacial score (nSPS) is 17.8. The summed E-state index contributed by atoms with van der Waals surface area (Å²) < 4.78 is 2.00. The molecular formula is C17H26N4O2S. The lowest BCUT2D eigenvalue weighted by atomic mass is 9.84. The summed E-state index contributed by atoms with van der Waals surface area (Å²) in [5.41, 5.74) is 1.95. The maximum absolute atomic E-state index is 12.5. The second kappa shape index (κ2) is 8.05. The van der Waals surface area contributed by atoms with Gasteiger partial charge >= 0.3 is 0 Å². The first-order chi connectivity index (χ1) is 11.7. The predicted molar refractivity (Wildman–Crippen MR) is 94.4 cm³/mol. The number of carbonyl (C=O) groups is 2. The number of aryl methyl sites for hydroxylation is 1. The minimum Gasteiger partial charge on any atom is -0.350 e. The van der Waals surface area contributed by atoms with Crippen LogP contribution in [0.3, 0.4) is 0 Å². The molecule has 2 aliphatic rings. The van der Waals surface area contributed by atoms with Crippen molar-refractivity contribution in [1.29, 1.82) is 0 Å². The Labute approximate surface area is 147 Å². The van der Waals surface area contributed by atoms with Gasteiger partial charge in [0.05, 0.1) is 24.5 Å². The van der Waals surface area contributed by atoms with Crippen LogP contribution in [0.5, 0.6) is 0 Å². The number of fused-ring (bicyclic) bond motifs is 1. The van der Waals surface area contributed by atoms with Gasteiger partial charge in [-0.05, 0) is 31.6 Å². The molecule has 1 aliphatic carbocycles. The summed E-state index contributed by atoms with van der Waals surface area (Å²) in [5.74, 6) is 1.45. The Kier molecular flexibility index (Phi) is 5.81. The Morgan fingerprint density at radius 1 is 1.33 bits per heavy atom. The number of thioether (sulfide) groups is 1. The van der Waals surface area contributed by atoms with Crippen LogP contribution >= 0.6 is 11.8 Å². The van der Waals surface area contributed by atoms with E-state index in [2.05, 4.69) is 10.4 Å². The summed E-state index contributed by atoms with van der Waals surface area (Å²) in [6.07, 6.45) is 6.74. The molecule has 3 rings (SSSR count). The van der Waals surface area contributed by atoms with Crippen LogP contribution in [-0.4, -0.2) is 45.0 Å². The van der Waals surface area contributed by atoms with E-state index in [0.29, 0.717) is 25.4 Å². The van der Waals surface area contributed by atoms with Gasteiger partial charge in [0.15, 0.2) is 0 Å². The molecule has 1 aliphatic heterocycles. The molecule has 132 valence electrons. The van der Waals surface area contributed by atoms with Crippen molar-refractivity contribution in [3.63, 3.8) is 0 Å². The molecule has 0 radical (unpaired) electrons. The highest BCUT2D eigenvalue weighted by Gasteiger charge is 2.30. The Balaban J connectivity index is 1.58. The highest BCUT2D eigenvalue weighted by atomic mass is 32.2. The molecule has 1 N–H and O–H groups in total. The first-order valence-electron chi connectivity index (χ1n) is 8.77. The van der Waals surface area contributed by atoms with Crippen LogP contribution in [0.4, 0.5) is 0 Å². The van der Waals surface area contributed by atoms with Gasteiger partial charge in [-0.25, -0.2) is 0 Å². The largest absolute Gasteiger partial charge is 0.350 e. The molecular weight excluding hydrogens is 324 g/mol. The van der Waals surface area contributed by atoms with Gasteiger partial charge in [0, 0.05) is 31.2 Å². The molecule has 6 nitrogen and oxygen atoms in total. The maximum atomic E-state index is 12.5. The van der Waals surface area contributed by atoms with Gasteiger partial charge in [-0.3, -0.25) is 14.3 Å². The predicted octanol–water partition coefficient (Wildman–Crippen LogP) is 1.78. The topological polar surface area (TPSA) is 67.2 Å². The summed E-state index contributed by atoms with van der Waals surface area (Å²) >= 11 is 1.67. The van der Waals surface area contributed by atoms with Gasteiger partial charge in [0.1, 0.15) is 0 Å². The highest BCUT2D eigenvalue weighted by molar-refractivity contribution is 7.98. The van der Waals surface area contributed by atoms with E-state index in [1.807, 2.05) is 21.9 Å². The summed E-state index contributed by atoms with van der Waals surface area (Å²) in [6.45, 7) is 2.76. The molecule has 1 fully saturated rings. The second-order valence-electron chi connectivity index (χ2n) is 6.61. The Morgan fingerprint density at radius 2 is 2.17 bits per heavy atom. The number of hydrogen-bond donors (Lipinski definition) is 1. The molecule has 0 aromatic carbocycles. The highest BCUT2D eigenvalue weighted by Crippen LogP contribution is 2.29. The monoisotopic (exact) mass is 350 g/mol. The number of amides is 2. The molecule has 0 spiro atoms. The van der Waals surface area contributed by atoms with Crippen LogP contribution in [0.2, 0.25) is 0 Å². The Morgan fingerprint density at radius 3 is 2.88 bits per heavy atom. The van der Waals surface area contributed by atoms with E-state index in [0.717, 1.165) is 49.5 Å². The third-order valence-corrected chi connectivity index (χ3v) is 5.44. The van der Waals surface area contributed by atoms with Gasteiger partial charge in [0.25, 0.3) is 0 Å². The van der Waals surface area contributed by atoms with Crippen molar-refractivity contribution in [1.82, 2.24) is 20.0 Å². The first kappa shape index (κ1) is 17.3. The van der Waals surface area contributed by atoms with Crippen molar-refractivity contribution in [2.45, 2.75) is 51.7 Å². The molecule has 1 aromatic heterocycles. The fourth-order valence-corrected chi connectivity index (χ4v) is 3.57. The molecule has 0 atom stereocenters. The molecule has 24 heavy (non-hydrogen) atoms. The van der Waals surface area contributed by atoms with E-state index in [9.17, 15) is 9.59 Å². The van der Waals surface area contributed by atoms with Crippen molar-refractivity contribution in [2.24, 2.45) is 5.92 Å². The van der Waals surface area contributed by atoms with Crippen molar-refractivity contribution >= 4 is 23.6 Å². The summed E-state index contributed by atoms with van der Waals surface area (Å²) in [5, 5.41) is 7.51. The molecule has 0 bridgehead atoms. The zero-order valence-electron chi connectivity index (χ0n) is 14.3. The van der Waals surface area contributed by atoms with Crippen LogP contribution in [0, 0.1) is 5.92 Å². The number of nitrogens with zero attached hydrogens (tertiary/aromatic N) is 3. The summed E-state index contributed by atoms with van der Waals surface area (Å²) in [6, 6.07) is 2.03. The van der Waals surface area contributed by atoms with Gasteiger partial charge < -0.3 is 10.2 Å². The lowest BCUT2D eigenvalue weighted by molar-refractivity contribution is -0.138. The molecule has 2 heterocycles. The quantitative estimate of drug-likeness (QED) is 0.849. The molecule has 1 saturated carbocycles. The van der Waals surface area contributed by atoms with E-state index >= 15 is 0 Å². The van der Waals surface area contributed by atoms with Crippen LogP contribution in [0.15, 0.2) is 6.07 Å². The average molecular weight is 350 g/mol. The smallest absolute Gasteiger partial charge is 0.226 e. The first-order valence-corrected chi connectivity index (χ1v) is 10.2. The van der Waals surface area contributed by atoms with Crippen molar-refractivity contribution in [3.8, 4) is 0 Å². The second-order valence-corrected chi connectivity index (χ2v) is 7.60. The molecule has 7 heteroatoms. The van der Waals surface area contributed by atoms with Crippen LogP contribution in [-0.2, 0) is 29.2 Å². The van der Waals surface area contributed by atoms with E-state index in [1.165, 1.54) is 6.42 Å². The Hall–Kier alpha value is -1.50. The number of nitrogens with one attached hydrogen (secondary N) is 1.